The van der Waals surface area contributed by atoms with Gasteiger partial charge >= 0.3 is 12.1 Å². The molecule has 0 radical (unpaired) electrons. The second-order valence-corrected chi connectivity index (χ2v) is 5.62. The summed E-state index contributed by atoms with van der Waals surface area (Å²) in [6, 6.07) is 0. The third kappa shape index (κ3) is 4.22. The zero-order chi connectivity index (χ0) is 15.5. The van der Waals surface area contributed by atoms with E-state index in [4.69, 9.17) is 9.84 Å². The molecule has 1 heterocycles. The van der Waals surface area contributed by atoms with Crippen LogP contribution in [-0.2, 0) is 4.74 Å². The first-order valence-electron chi connectivity index (χ1n) is 6.20. The van der Waals surface area contributed by atoms with E-state index in [0.717, 1.165) is 0 Å². The maximum Gasteiger partial charge on any atom is 0.410 e. The molecule has 0 saturated carbocycles. The highest BCUT2D eigenvalue weighted by atomic mass is 16.6. The average Bonchev–Trinajstić information content (AvgIpc) is 2.75. The zero-order valence-electron chi connectivity index (χ0n) is 12.3. The molecule has 0 bridgehead atoms. The summed E-state index contributed by atoms with van der Waals surface area (Å²) < 4.78 is 5.22. The van der Waals surface area contributed by atoms with Crippen LogP contribution in [-0.4, -0.2) is 56.7 Å². The lowest BCUT2D eigenvalue weighted by molar-refractivity contribution is 0.0290. The molecule has 0 aliphatic rings. The molecule has 8 nitrogen and oxygen atoms in total. The molecule has 112 valence electrons. The van der Waals surface area contributed by atoms with Crippen molar-refractivity contribution < 1.29 is 19.4 Å². The number of ether oxygens (including phenoxy) is 1. The normalized spacial score (nSPS) is 12.8. The van der Waals surface area contributed by atoms with Crippen molar-refractivity contribution >= 4 is 12.1 Å². The number of nitrogens with one attached hydrogen (secondary N) is 1. The molecule has 0 fully saturated rings. The molecule has 20 heavy (non-hydrogen) atoms. The molecule has 0 aliphatic heterocycles. The highest BCUT2D eigenvalue weighted by Crippen LogP contribution is 2.18. The molecule has 2 N–H and O–H groups in total. The van der Waals surface area contributed by atoms with Crippen LogP contribution in [0, 0.1) is 0 Å². The number of carbonyl (C=O) groups excluding carboxylic acids is 1. The summed E-state index contributed by atoms with van der Waals surface area (Å²) in [6.45, 7) is 7.39. The zero-order valence-corrected chi connectivity index (χ0v) is 12.3. The topological polar surface area (TPSA) is 108 Å². The number of likely N-dealkylation sites (N-methyl/N-ethyl adjacent to an activating group) is 1. The first kappa shape index (κ1) is 15.9. The van der Waals surface area contributed by atoms with E-state index in [1.54, 1.807) is 34.7 Å². The molecule has 0 aromatic carbocycles. The van der Waals surface area contributed by atoms with E-state index in [2.05, 4.69) is 15.4 Å². The highest BCUT2D eigenvalue weighted by molar-refractivity contribution is 5.86. The van der Waals surface area contributed by atoms with Gasteiger partial charge in [-0.1, -0.05) is 6.92 Å². The first-order chi connectivity index (χ1) is 9.11. The number of carboxylic acid groups (broad SMARTS) is 1. The van der Waals surface area contributed by atoms with Crippen LogP contribution in [0.25, 0.3) is 0 Å². The molecule has 1 unspecified atom stereocenters. The maximum absolute atomic E-state index is 11.8. The third-order valence-corrected chi connectivity index (χ3v) is 2.50. The minimum Gasteiger partial charge on any atom is -0.476 e. The summed E-state index contributed by atoms with van der Waals surface area (Å²) in [4.78, 5) is 24.2. The minimum absolute atomic E-state index is 0.130. The molecule has 1 aromatic rings. The van der Waals surface area contributed by atoms with Gasteiger partial charge in [-0.3, -0.25) is 0 Å². The Hall–Kier alpha value is -2.12. The van der Waals surface area contributed by atoms with Crippen molar-refractivity contribution in [1.29, 1.82) is 0 Å². The molecular weight excluding hydrogens is 264 g/mol. The lowest BCUT2D eigenvalue weighted by Gasteiger charge is -2.26. The van der Waals surface area contributed by atoms with Crippen molar-refractivity contribution in [3.63, 3.8) is 0 Å². The predicted molar refractivity (Wildman–Crippen MR) is 70.6 cm³/mol. The van der Waals surface area contributed by atoms with E-state index in [1.807, 2.05) is 0 Å². The van der Waals surface area contributed by atoms with E-state index >= 15 is 0 Å². The summed E-state index contributed by atoms with van der Waals surface area (Å²) in [5.74, 6) is -1.43. The summed E-state index contributed by atoms with van der Waals surface area (Å²) in [5.41, 5.74) is -0.391. The lowest BCUT2D eigenvalue weighted by atomic mass is 10.1. The summed E-state index contributed by atoms with van der Waals surface area (Å²) in [7, 11) is 1.59. The molecule has 0 spiro atoms. The van der Waals surface area contributed by atoms with Crippen LogP contribution in [0.2, 0.25) is 0 Å². The summed E-state index contributed by atoms with van der Waals surface area (Å²) in [6.07, 6.45) is -0.468. The minimum atomic E-state index is -1.15. The Bertz CT molecular complexity index is 492. The number of aromatic nitrogens is 3. The number of carboxylic acids is 1. The van der Waals surface area contributed by atoms with Gasteiger partial charge in [0.15, 0.2) is 5.69 Å². The number of amides is 1. The summed E-state index contributed by atoms with van der Waals surface area (Å²) >= 11 is 0. The van der Waals surface area contributed by atoms with E-state index in [9.17, 15) is 9.59 Å². The van der Waals surface area contributed by atoms with Crippen molar-refractivity contribution in [2.24, 2.45) is 0 Å². The van der Waals surface area contributed by atoms with Crippen molar-refractivity contribution in [2.45, 2.75) is 39.2 Å². The first-order valence-corrected chi connectivity index (χ1v) is 6.20. The van der Waals surface area contributed by atoms with E-state index in [-0.39, 0.29) is 18.2 Å². The lowest BCUT2D eigenvalue weighted by Crippen LogP contribution is -2.36. The smallest absolute Gasteiger partial charge is 0.410 e. The van der Waals surface area contributed by atoms with Gasteiger partial charge in [0.2, 0.25) is 0 Å². The SMILES string of the molecule is CC(CN(C)C(=O)OC(C)(C)C)c1n[nH]nc1C(=O)O. The van der Waals surface area contributed by atoms with Crippen LogP contribution in [0.1, 0.15) is 49.8 Å². The van der Waals surface area contributed by atoms with Gasteiger partial charge in [0.05, 0.1) is 0 Å². The summed E-state index contributed by atoms with van der Waals surface area (Å²) in [5, 5.41) is 18.7. The van der Waals surface area contributed by atoms with Gasteiger partial charge in [0.1, 0.15) is 11.3 Å². The Morgan fingerprint density at radius 3 is 2.50 bits per heavy atom. The van der Waals surface area contributed by atoms with Crippen molar-refractivity contribution in [2.75, 3.05) is 13.6 Å². The Labute approximate surface area is 117 Å². The largest absolute Gasteiger partial charge is 0.476 e. The highest BCUT2D eigenvalue weighted by Gasteiger charge is 2.25. The van der Waals surface area contributed by atoms with E-state index < -0.39 is 17.7 Å². The quantitative estimate of drug-likeness (QED) is 0.866. The van der Waals surface area contributed by atoms with Crippen molar-refractivity contribution in [3.05, 3.63) is 11.4 Å². The third-order valence-electron chi connectivity index (χ3n) is 2.50. The monoisotopic (exact) mass is 284 g/mol. The van der Waals surface area contributed by atoms with Crippen LogP contribution in [0.5, 0.6) is 0 Å². The van der Waals surface area contributed by atoms with Crippen LogP contribution in [0.3, 0.4) is 0 Å². The van der Waals surface area contributed by atoms with E-state index in [1.165, 1.54) is 4.90 Å². The molecule has 0 saturated heterocycles. The number of nitrogens with zero attached hydrogens (tertiary/aromatic N) is 3. The number of hydrogen-bond donors (Lipinski definition) is 2. The number of H-pyrrole nitrogens is 1. The molecular formula is C12H20N4O4. The number of aromatic amines is 1. The fourth-order valence-corrected chi connectivity index (χ4v) is 1.65. The van der Waals surface area contributed by atoms with E-state index in [0.29, 0.717) is 5.69 Å². The molecule has 1 amide bonds. The number of rotatable bonds is 4. The van der Waals surface area contributed by atoms with Crippen LogP contribution in [0.15, 0.2) is 0 Å². The molecule has 1 aromatic heterocycles. The number of aromatic carboxylic acids is 1. The fourth-order valence-electron chi connectivity index (χ4n) is 1.65. The molecule has 8 heteroatoms. The van der Waals surface area contributed by atoms with Crippen LogP contribution in [0.4, 0.5) is 4.79 Å². The van der Waals surface area contributed by atoms with Crippen LogP contribution < -0.4 is 0 Å². The van der Waals surface area contributed by atoms with Crippen molar-refractivity contribution in [1.82, 2.24) is 20.3 Å². The molecule has 0 aliphatic carbocycles. The second kappa shape index (κ2) is 5.89. The Morgan fingerprint density at radius 1 is 1.40 bits per heavy atom. The van der Waals surface area contributed by atoms with Gasteiger partial charge < -0.3 is 14.7 Å². The van der Waals surface area contributed by atoms with Gasteiger partial charge in [0.25, 0.3) is 0 Å². The maximum atomic E-state index is 11.8. The Kier molecular flexibility index (Phi) is 4.69. The van der Waals surface area contributed by atoms with Gasteiger partial charge in [0, 0.05) is 19.5 Å². The molecule has 1 rings (SSSR count). The standard InChI is InChI=1S/C12H20N4O4/c1-7(8-9(10(17)18)14-15-13-8)6-16(5)11(19)20-12(2,3)4/h7H,6H2,1-5H3,(H,17,18)(H,13,14,15). The van der Waals surface area contributed by atoms with Gasteiger partial charge in [-0.15, -0.1) is 5.10 Å². The number of hydrogen-bond acceptors (Lipinski definition) is 5. The predicted octanol–water partition coefficient (Wildman–Crippen LogP) is 1.47. The molecule has 1 atom stereocenters. The van der Waals surface area contributed by atoms with Crippen molar-refractivity contribution in [3.8, 4) is 0 Å². The number of carbonyl (C=O) groups is 2. The fraction of sp³-hybridized carbons (Fsp3) is 0.667. The average molecular weight is 284 g/mol. The second-order valence-electron chi connectivity index (χ2n) is 5.62. The van der Waals surface area contributed by atoms with Gasteiger partial charge in [-0.2, -0.15) is 10.3 Å². The van der Waals surface area contributed by atoms with Crippen LogP contribution >= 0.6 is 0 Å². The van der Waals surface area contributed by atoms with Gasteiger partial charge in [-0.05, 0) is 20.8 Å². The Morgan fingerprint density at radius 2 is 2.00 bits per heavy atom. The van der Waals surface area contributed by atoms with Gasteiger partial charge in [-0.25, -0.2) is 9.59 Å². The Balaban J connectivity index is 2.70.